The highest BCUT2D eigenvalue weighted by molar-refractivity contribution is 7.92. The van der Waals surface area contributed by atoms with E-state index in [1.165, 1.54) is 35.2 Å². The summed E-state index contributed by atoms with van der Waals surface area (Å²) in [4.78, 5) is 28.5. The summed E-state index contributed by atoms with van der Waals surface area (Å²) in [6.45, 7) is 8.65. The molecule has 1 N–H and O–H groups in total. The Morgan fingerprint density at radius 2 is 1.54 bits per heavy atom. The number of amides is 2. The number of carbonyl (C=O) groups is 2. The van der Waals surface area contributed by atoms with Gasteiger partial charge in [-0.2, -0.15) is 0 Å². The Labute approximate surface area is 240 Å². The number of halogens is 2. The maximum Gasteiger partial charge on any atom is 0.264 e. The highest BCUT2D eigenvalue weighted by Crippen LogP contribution is 2.31. The average molecular weight is 591 g/mol. The van der Waals surface area contributed by atoms with Gasteiger partial charge in [-0.1, -0.05) is 65.7 Å². The van der Waals surface area contributed by atoms with Gasteiger partial charge in [0.1, 0.15) is 12.6 Å². The Hall–Kier alpha value is -3.07. The molecule has 208 valence electrons. The molecule has 3 aromatic rings. The Bertz CT molecular complexity index is 1440. The molecule has 0 aliphatic carbocycles. The Morgan fingerprint density at radius 3 is 2.13 bits per heavy atom. The van der Waals surface area contributed by atoms with E-state index in [2.05, 4.69) is 5.32 Å². The molecule has 0 aliphatic rings. The van der Waals surface area contributed by atoms with Gasteiger partial charge >= 0.3 is 0 Å². The second-order valence-corrected chi connectivity index (χ2v) is 13.0. The van der Waals surface area contributed by atoms with Gasteiger partial charge in [-0.3, -0.25) is 13.9 Å². The summed E-state index contributed by atoms with van der Waals surface area (Å²) in [5.74, 6) is -0.906. The molecule has 0 fully saturated rings. The van der Waals surface area contributed by atoms with Crippen LogP contribution < -0.4 is 9.62 Å². The summed E-state index contributed by atoms with van der Waals surface area (Å²) in [5.41, 5.74) is 1.43. The number of hydrogen-bond acceptors (Lipinski definition) is 4. The van der Waals surface area contributed by atoms with Crippen LogP contribution in [-0.2, 0) is 26.2 Å². The van der Waals surface area contributed by atoms with Crippen LogP contribution in [0.2, 0.25) is 10.0 Å². The molecule has 3 aromatic carbocycles. The van der Waals surface area contributed by atoms with E-state index in [-0.39, 0.29) is 33.1 Å². The number of rotatable bonds is 9. The lowest BCUT2D eigenvalue weighted by molar-refractivity contribution is -0.140. The summed E-state index contributed by atoms with van der Waals surface area (Å²) >= 11 is 12.3. The van der Waals surface area contributed by atoms with Gasteiger partial charge < -0.3 is 10.2 Å². The molecule has 0 heterocycles. The maximum atomic E-state index is 14.0. The normalized spacial score (nSPS) is 12.5. The molecule has 7 nitrogen and oxygen atoms in total. The molecule has 0 saturated heterocycles. The first-order valence-corrected chi connectivity index (χ1v) is 14.6. The summed E-state index contributed by atoms with van der Waals surface area (Å²) in [5, 5.41) is 3.30. The fraction of sp³-hybridized carbons (Fsp3) is 0.310. The second kappa shape index (κ2) is 12.4. The van der Waals surface area contributed by atoms with Gasteiger partial charge in [0, 0.05) is 12.1 Å². The van der Waals surface area contributed by atoms with Crippen molar-refractivity contribution < 1.29 is 18.0 Å². The highest BCUT2D eigenvalue weighted by atomic mass is 35.5. The van der Waals surface area contributed by atoms with Crippen molar-refractivity contribution in [2.24, 2.45) is 0 Å². The van der Waals surface area contributed by atoms with E-state index >= 15 is 0 Å². The molecule has 3 rings (SSSR count). The molecule has 2 amide bonds. The van der Waals surface area contributed by atoms with E-state index in [1.807, 2.05) is 52.0 Å². The third kappa shape index (κ3) is 7.75. The third-order valence-corrected chi connectivity index (χ3v) is 8.60. The zero-order valence-corrected chi connectivity index (χ0v) is 24.9. The predicted molar refractivity (Wildman–Crippen MR) is 157 cm³/mol. The van der Waals surface area contributed by atoms with Crippen LogP contribution in [-0.4, -0.2) is 43.3 Å². The van der Waals surface area contributed by atoms with Gasteiger partial charge in [-0.25, -0.2) is 8.42 Å². The van der Waals surface area contributed by atoms with Crippen molar-refractivity contribution in [3.63, 3.8) is 0 Å². The third-order valence-electron chi connectivity index (χ3n) is 6.07. The minimum Gasteiger partial charge on any atom is -0.350 e. The van der Waals surface area contributed by atoms with E-state index in [9.17, 15) is 18.0 Å². The molecule has 39 heavy (non-hydrogen) atoms. The summed E-state index contributed by atoms with van der Waals surface area (Å²) in [6, 6.07) is 18.8. The Kier molecular flexibility index (Phi) is 9.69. The van der Waals surface area contributed by atoms with Crippen LogP contribution in [0.15, 0.2) is 77.7 Å². The van der Waals surface area contributed by atoms with Crippen molar-refractivity contribution in [1.82, 2.24) is 10.2 Å². The zero-order chi connectivity index (χ0) is 29.0. The smallest absolute Gasteiger partial charge is 0.264 e. The first-order valence-electron chi connectivity index (χ1n) is 12.4. The van der Waals surface area contributed by atoms with Crippen molar-refractivity contribution in [3.8, 4) is 0 Å². The summed E-state index contributed by atoms with van der Waals surface area (Å²) in [6.07, 6.45) is 0. The Morgan fingerprint density at radius 1 is 0.923 bits per heavy atom. The standard InChI is InChI=1S/C29H33Cl2N3O4S/c1-20-11-9-10-12-22(20)18-33(21(2)28(36)32-29(3,4)5)27(35)19-34(23-15-16-25(30)26(31)17-23)39(37,38)24-13-7-6-8-14-24/h6-17,21H,18-19H2,1-5H3,(H,32,36)/t21-/m0/s1. The van der Waals surface area contributed by atoms with Gasteiger partial charge in [0.05, 0.1) is 20.6 Å². The van der Waals surface area contributed by atoms with Gasteiger partial charge in [0.2, 0.25) is 11.8 Å². The van der Waals surface area contributed by atoms with Gasteiger partial charge in [0.25, 0.3) is 10.0 Å². The van der Waals surface area contributed by atoms with Gasteiger partial charge in [-0.05, 0) is 76.1 Å². The van der Waals surface area contributed by atoms with Crippen molar-refractivity contribution in [3.05, 3.63) is 94.0 Å². The Balaban J connectivity index is 2.06. The van der Waals surface area contributed by atoms with Crippen LogP contribution in [0.3, 0.4) is 0 Å². The number of aryl methyl sites for hydroxylation is 1. The van der Waals surface area contributed by atoms with Crippen LogP contribution >= 0.6 is 23.2 Å². The lowest BCUT2D eigenvalue weighted by Gasteiger charge is -2.33. The molecule has 0 bridgehead atoms. The lowest BCUT2D eigenvalue weighted by Crippen LogP contribution is -2.54. The molecular weight excluding hydrogens is 557 g/mol. The molecular formula is C29H33Cl2N3O4S. The number of carbonyl (C=O) groups excluding carboxylic acids is 2. The van der Waals surface area contributed by atoms with Gasteiger partial charge in [-0.15, -0.1) is 0 Å². The second-order valence-electron chi connectivity index (χ2n) is 10.3. The minimum atomic E-state index is -4.18. The first-order chi connectivity index (χ1) is 18.2. The van der Waals surface area contributed by atoms with Crippen molar-refractivity contribution >= 4 is 50.7 Å². The molecule has 10 heteroatoms. The van der Waals surface area contributed by atoms with Crippen LogP contribution in [0, 0.1) is 6.92 Å². The molecule has 0 saturated carbocycles. The van der Waals surface area contributed by atoms with E-state index in [0.717, 1.165) is 15.4 Å². The van der Waals surface area contributed by atoms with Crippen molar-refractivity contribution in [2.45, 2.75) is 57.6 Å². The topological polar surface area (TPSA) is 86.8 Å². The summed E-state index contributed by atoms with van der Waals surface area (Å²) < 4.78 is 28.6. The number of sulfonamides is 1. The van der Waals surface area contributed by atoms with Crippen LogP contribution in [0.1, 0.15) is 38.8 Å². The molecule has 0 aliphatic heterocycles. The van der Waals surface area contributed by atoms with E-state index in [1.54, 1.807) is 25.1 Å². The molecule has 0 aromatic heterocycles. The minimum absolute atomic E-state index is 0.00727. The molecule has 0 radical (unpaired) electrons. The monoisotopic (exact) mass is 589 g/mol. The van der Waals surface area contributed by atoms with Crippen molar-refractivity contribution in [2.75, 3.05) is 10.8 Å². The highest BCUT2D eigenvalue weighted by Gasteiger charge is 2.33. The molecule has 1 atom stereocenters. The maximum absolute atomic E-state index is 14.0. The number of anilines is 1. The van der Waals surface area contributed by atoms with E-state index in [0.29, 0.717) is 0 Å². The first kappa shape index (κ1) is 30.5. The number of benzene rings is 3. The van der Waals surface area contributed by atoms with Crippen LogP contribution in [0.4, 0.5) is 5.69 Å². The van der Waals surface area contributed by atoms with E-state index in [4.69, 9.17) is 23.2 Å². The number of hydrogen-bond donors (Lipinski definition) is 1. The molecule has 0 unspecified atom stereocenters. The summed E-state index contributed by atoms with van der Waals surface area (Å²) in [7, 11) is -4.18. The van der Waals surface area contributed by atoms with Gasteiger partial charge in [0.15, 0.2) is 0 Å². The van der Waals surface area contributed by atoms with Crippen LogP contribution in [0.5, 0.6) is 0 Å². The fourth-order valence-electron chi connectivity index (χ4n) is 3.92. The number of nitrogens with one attached hydrogen (secondary N) is 1. The lowest BCUT2D eigenvalue weighted by atomic mass is 10.1. The largest absolute Gasteiger partial charge is 0.350 e. The van der Waals surface area contributed by atoms with Crippen molar-refractivity contribution in [1.29, 1.82) is 0 Å². The number of nitrogens with zero attached hydrogens (tertiary/aromatic N) is 2. The predicted octanol–water partition coefficient (Wildman–Crippen LogP) is 5.83. The van der Waals surface area contributed by atoms with E-state index < -0.39 is 34.1 Å². The molecule has 0 spiro atoms. The fourth-order valence-corrected chi connectivity index (χ4v) is 5.64. The SMILES string of the molecule is Cc1ccccc1CN(C(=O)CN(c1ccc(Cl)c(Cl)c1)S(=O)(=O)c1ccccc1)[C@@H](C)C(=O)NC(C)(C)C. The zero-order valence-electron chi connectivity index (χ0n) is 22.6. The quantitative estimate of drug-likeness (QED) is 0.340. The average Bonchev–Trinajstić information content (AvgIpc) is 2.87. The van der Waals surface area contributed by atoms with Crippen LogP contribution in [0.25, 0.3) is 0 Å².